The summed E-state index contributed by atoms with van der Waals surface area (Å²) in [5.41, 5.74) is 1.23. The number of urea groups is 1. The Morgan fingerprint density at radius 2 is 1.90 bits per heavy atom. The maximum Gasteiger partial charge on any atom is 0.350 e. The largest absolute Gasteiger partial charge is 0.350 e. The molecule has 0 spiro atoms. The number of halogens is 1. The molecule has 2 heterocycles. The maximum absolute atomic E-state index is 13.6. The quantitative estimate of drug-likeness (QED) is 0.806. The van der Waals surface area contributed by atoms with Crippen molar-refractivity contribution in [1.82, 2.24) is 9.80 Å². The van der Waals surface area contributed by atoms with Crippen LogP contribution in [0.1, 0.15) is 30.1 Å². The van der Waals surface area contributed by atoms with Gasteiger partial charge in [0, 0.05) is 37.3 Å². The zero-order chi connectivity index (χ0) is 22.1. The molecule has 1 aromatic rings. The van der Waals surface area contributed by atoms with Crippen LogP contribution in [0, 0.1) is 5.92 Å². The van der Waals surface area contributed by atoms with Crippen molar-refractivity contribution in [2.24, 2.45) is 10.9 Å². The molecular weight excluding hydrogens is 403 g/mol. The number of hydrogen-bond acceptors (Lipinski definition) is 4. The second-order valence-corrected chi connectivity index (χ2v) is 7.68. The van der Waals surface area contributed by atoms with Crippen LogP contribution < -0.4 is 5.32 Å². The first-order chi connectivity index (χ1) is 14.8. The van der Waals surface area contributed by atoms with Crippen LogP contribution in [0.15, 0.2) is 53.3 Å². The molecule has 5 amide bonds. The van der Waals surface area contributed by atoms with E-state index in [0.29, 0.717) is 37.2 Å². The second-order valence-electron chi connectivity index (χ2n) is 7.68. The van der Waals surface area contributed by atoms with Crippen LogP contribution in [0.5, 0.6) is 0 Å². The number of benzene rings is 1. The van der Waals surface area contributed by atoms with Gasteiger partial charge in [0.15, 0.2) is 0 Å². The summed E-state index contributed by atoms with van der Waals surface area (Å²) >= 11 is 0. The van der Waals surface area contributed by atoms with E-state index in [1.165, 1.54) is 25.2 Å². The topological polar surface area (TPSA) is 99.2 Å². The maximum atomic E-state index is 13.6. The number of nitrogens with one attached hydrogen (secondary N) is 1. The molecule has 1 aliphatic carbocycles. The van der Waals surface area contributed by atoms with Gasteiger partial charge in [-0.25, -0.2) is 9.18 Å². The molecule has 1 unspecified atom stereocenters. The summed E-state index contributed by atoms with van der Waals surface area (Å²) in [5.74, 6) is -2.32. The lowest BCUT2D eigenvalue weighted by Crippen LogP contribution is -2.54. The highest BCUT2D eigenvalue weighted by molar-refractivity contribution is 6.22. The lowest BCUT2D eigenvalue weighted by molar-refractivity contribution is -0.132. The van der Waals surface area contributed by atoms with Crippen LogP contribution in [0.2, 0.25) is 0 Å². The highest BCUT2D eigenvalue weighted by Crippen LogP contribution is 2.28. The van der Waals surface area contributed by atoms with Gasteiger partial charge in [-0.1, -0.05) is 6.07 Å². The number of carbonyl (C=O) groups is 4. The SMILES string of the molecule is CC(=O)Nc1cccc(C(=O)N2CCC(N3C(=O)N=C4C=CC(F)=CC4C3=O)CC2)c1. The molecule has 0 aromatic heterocycles. The Kier molecular flexibility index (Phi) is 5.50. The average Bonchev–Trinajstić information content (AvgIpc) is 2.74. The minimum atomic E-state index is -0.890. The Labute approximate surface area is 178 Å². The van der Waals surface area contributed by atoms with Crippen molar-refractivity contribution in [3.8, 4) is 0 Å². The van der Waals surface area contributed by atoms with Gasteiger partial charge in [-0.15, -0.1) is 0 Å². The molecule has 2 aliphatic heterocycles. The Morgan fingerprint density at radius 3 is 2.61 bits per heavy atom. The molecule has 1 N–H and O–H groups in total. The number of aliphatic imine (C=N–C) groups is 1. The third-order valence-corrected chi connectivity index (χ3v) is 5.54. The van der Waals surface area contributed by atoms with Crippen molar-refractivity contribution < 1.29 is 23.6 Å². The van der Waals surface area contributed by atoms with E-state index >= 15 is 0 Å². The fraction of sp³-hybridized carbons (Fsp3) is 0.318. The summed E-state index contributed by atoms with van der Waals surface area (Å²) in [5, 5.41) is 2.65. The van der Waals surface area contributed by atoms with Crippen molar-refractivity contribution in [3.05, 3.63) is 53.9 Å². The smallest absolute Gasteiger partial charge is 0.338 e. The van der Waals surface area contributed by atoms with Gasteiger partial charge in [0.05, 0.1) is 5.71 Å². The molecule has 160 valence electrons. The lowest BCUT2D eigenvalue weighted by atomic mass is 9.92. The fourth-order valence-electron chi connectivity index (χ4n) is 4.06. The number of hydrogen-bond donors (Lipinski definition) is 1. The predicted octanol–water partition coefficient (Wildman–Crippen LogP) is 2.69. The van der Waals surface area contributed by atoms with Gasteiger partial charge in [0.25, 0.3) is 5.91 Å². The minimum Gasteiger partial charge on any atom is -0.338 e. The normalized spacial score (nSPS) is 21.4. The van der Waals surface area contributed by atoms with Gasteiger partial charge in [-0.05, 0) is 49.3 Å². The summed E-state index contributed by atoms with van der Waals surface area (Å²) < 4.78 is 13.6. The first-order valence-electron chi connectivity index (χ1n) is 10.0. The number of rotatable bonds is 3. The number of fused-ring (bicyclic) bond motifs is 1. The third-order valence-electron chi connectivity index (χ3n) is 5.54. The standard InChI is InChI=1S/C22H21FN4O4/c1-13(28)24-16-4-2-3-14(11-16)20(29)26-9-7-17(8-10-26)27-21(30)18-12-15(23)5-6-19(18)25-22(27)31/h2-6,11-12,17-18H,7-10H2,1H3,(H,24,28). The average molecular weight is 424 g/mol. The van der Waals surface area contributed by atoms with Crippen LogP contribution in [0.25, 0.3) is 0 Å². The molecule has 1 aromatic carbocycles. The summed E-state index contributed by atoms with van der Waals surface area (Å²) in [6.45, 7) is 2.11. The minimum absolute atomic E-state index is 0.190. The summed E-state index contributed by atoms with van der Waals surface area (Å²) in [6.07, 6.45) is 4.52. The Bertz CT molecular complexity index is 1050. The van der Waals surface area contributed by atoms with Crippen molar-refractivity contribution in [3.63, 3.8) is 0 Å². The molecule has 0 saturated carbocycles. The fourth-order valence-corrected chi connectivity index (χ4v) is 4.06. The second kappa shape index (κ2) is 8.25. The van der Waals surface area contributed by atoms with E-state index in [4.69, 9.17) is 0 Å². The summed E-state index contributed by atoms with van der Waals surface area (Å²) in [6, 6.07) is 5.63. The van der Waals surface area contributed by atoms with Gasteiger partial charge in [0.2, 0.25) is 11.8 Å². The number of carbonyl (C=O) groups excluding carboxylic acids is 4. The number of imide groups is 1. The number of likely N-dealkylation sites (tertiary alicyclic amines) is 1. The first kappa shape index (κ1) is 20.6. The van der Waals surface area contributed by atoms with Crippen molar-refractivity contribution in [1.29, 1.82) is 0 Å². The van der Waals surface area contributed by atoms with Crippen LogP contribution >= 0.6 is 0 Å². The molecule has 31 heavy (non-hydrogen) atoms. The molecule has 1 atom stereocenters. The van der Waals surface area contributed by atoms with Crippen LogP contribution in [-0.2, 0) is 9.59 Å². The van der Waals surface area contributed by atoms with E-state index in [1.807, 2.05) is 0 Å². The van der Waals surface area contributed by atoms with Crippen LogP contribution in [-0.4, -0.2) is 58.4 Å². The summed E-state index contributed by atoms with van der Waals surface area (Å²) in [7, 11) is 0. The Morgan fingerprint density at radius 1 is 1.16 bits per heavy atom. The Balaban J connectivity index is 1.43. The molecule has 3 aliphatic rings. The lowest BCUT2D eigenvalue weighted by Gasteiger charge is -2.39. The van der Waals surface area contributed by atoms with E-state index in [-0.39, 0.29) is 17.5 Å². The number of allylic oxidation sites excluding steroid dienone is 3. The first-order valence-corrected chi connectivity index (χ1v) is 10.0. The molecule has 1 saturated heterocycles. The van der Waals surface area contributed by atoms with E-state index < -0.39 is 29.7 Å². The highest BCUT2D eigenvalue weighted by atomic mass is 19.1. The molecule has 4 rings (SSSR count). The van der Waals surface area contributed by atoms with Gasteiger partial charge >= 0.3 is 6.03 Å². The van der Waals surface area contributed by atoms with Crippen LogP contribution in [0.3, 0.4) is 0 Å². The molecule has 1 fully saturated rings. The number of piperidine rings is 1. The zero-order valence-corrected chi connectivity index (χ0v) is 16.9. The van der Waals surface area contributed by atoms with Gasteiger partial charge < -0.3 is 10.2 Å². The van der Waals surface area contributed by atoms with E-state index in [2.05, 4.69) is 10.3 Å². The van der Waals surface area contributed by atoms with Crippen LogP contribution in [0.4, 0.5) is 14.9 Å². The van der Waals surface area contributed by atoms with Gasteiger partial charge in [-0.2, -0.15) is 4.99 Å². The molecule has 9 heteroatoms. The van der Waals surface area contributed by atoms with Crippen molar-refractivity contribution >= 4 is 35.2 Å². The zero-order valence-electron chi connectivity index (χ0n) is 16.9. The number of nitrogens with zero attached hydrogens (tertiary/aromatic N) is 3. The van der Waals surface area contributed by atoms with E-state index in [1.54, 1.807) is 29.2 Å². The summed E-state index contributed by atoms with van der Waals surface area (Å²) in [4.78, 5) is 56.1. The van der Waals surface area contributed by atoms with Gasteiger partial charge in [-0.3, -0.25) is 19.3 Å². The number of anilines is 1. The highest BCUT2D eigenvalue weighted by Gasteiger charge is 2.41. The van der Waals surface area contributed by atoms with E-state index in [0.717, 1.165) is 4.90 Å². The van der Waals surface area contributed by atoms with Gasteiger partial charge in [0.1, 0.15) is 11.7 Å². The number of amides is 5. The third kappa shape index (κ3) is 4.16. The van der Waals surface area contributed by atoms with Crippen molar-refractivity contribution in [2.45, 2.75) is 25.8 Å². The van der Waals surface area contributed by atoms with E-state index in [9.17, 15) is 23.6 Å². The molecule has 8 nitrogen and oxygen atoms in total. The predicted molar refractivity (Wildman–Crippen MR) is 111 cm³/mol. The molecule has 0 bridgehead atoms. The monoisotopic (exact) mass is 424 g/mol. The van der Waals surface area contributed by atoms with Crippen molar-refractivity contribution in [2.75, 3.05) is 18.4 Å². The molecular formula is C22H21FN4O4. The molecule has 0 radical (unpaired) electrons. The Hall–Kier alpha value is -3.62.